The first-order chi connectivity index (χ1) is 7.81. The molecule has 16 heavy (non-hydrogen) atoms. The molecule has 0 aliphatic carbocycles. The average Bonchev–Trinajstić information content (AvgIpc) is 2.45. The molecule has 0 aromatic heterocycles. The Morgan fingerprint density at radius 1 is 1.12 bits per heavy atom. The molecule has 0 radical (unpaired) electrons. The summed E-state index contributed by atoms with van der Waals surface area (Å²) in [6, 6.07) is 0. The zero-order chi connectivity index (χ0) is 14.4. The van der Waals surface area contributed by atoms with E-state index >= 15 is 0 Å². The summed E-state index contributed by atoms with van der Waals surface area (Å²) in [4.78, 5) is 0. The molecule has 5 nitrogen and oxygen atoms in total. The van der Waals surface area contributed by atoms with Crippen LogP contribution in [-0.4, -0.2) is 11.2 Å². The van der Waals surface area contributed by atoms with E-state index in [1.165, 1.54) is 19.4 Å². The van der Waals surface area contributed by atoms with Crippen LogP contribution in [0, 0.1) is 26.6 Å². The zero-order valence-electron chi connectivity index (χ0n) is 8.65. The molecule has 0 N–H and O–H groups in total. The standard InChI is InChI=1S/C6H10O.4CO.W/c1-3-4-5-6-7-2;4*1-2;/h3H,1,4-5H2,2H3;;;;;. The molecule has 0 heterocycles. The maximum absolute atomic E-state index is 7.50. The van der Waals surface area contributed by atoms with E-state index in [1.807, 2.05) is 6.08 Å². The second-order valence-corrected chi connectivity index (χ2v) is 3.04. The van der Waals surface area contributed by atoms with Crippen molar-refractivity contribution in [1.82, 2.24) is 0 Å². The molecule has 0 fully saturated rings. The number of allylic oxidation sites excluding steroid dienone is 1. The first kappa shape index (κ1) is 29.5. The van der Waals surface area contributed by atoms with Gasteiger partial charge in [-0.05, 0) is 0 Å². The van der Waals surface area contributed by atoms with Crippen molar-refractivity contribution in [2.75, 3.05) is 7.11 Å². The molecule has 0 aromatic rings. The number of ether oxygens (including phenoxy) is 1. The molecule has 0 saturated carbocycles. The molecule has 0 unspecified atom stereocenters. The Kier molecular flexibility index (Phi) is 118. The molecule has 0 amide bonds. The second-order valence-electron chi connectivity index (χ2n) is 1.40. The SMILES string of the molecule is C=CCC[C](=[W])OC.[C-]#[O+].[C-]#[O+].[C-]#[O+].[C-]#[O+]. The van der Waals surface area contributed by atoms with Crippen LogP contribution in [0.25, 0.3) is 0 Å². The van der Waals surface area contributed by atoms with E-state index in [0.717, 1.165) is 16.9 Å². The summed E-state index contributed by atoms with van der Waals surface area (Å²) in [6.45, 7) is 21.6. The van der Waals surface area contributed by atoms with Gasteiger partial charge in [-0.3, -0.25) is 0 Å². The van der Waals surface area contributed by atoms with Crippen molar-refractivity contribution in [1.29, 1.82) is 0 Å². The van der Waals surface area contributed by atoms with E-state index in [2.05, 4.69) is 33.2 Å². The Morgan fingerprint density at radius 2 is 1.44 bits per heavy atom. The molecule has 0 atom stereocenters. The summed E-state index contributed by atoms with van der Waals surface area (Å²) in [5.41, 5.74) is 0. The van der Waals surface area contributed by atoms with Crippen molar-refractivity contribution in [2.45, 2.75) is 12.8 Å². The quantitative estimate of drug-likeness (QED) is 0.400. The van der Waals surface area contributed by atoms with Crippen LogP contribution in [-0.2, 0) is 42.7 Å². The summed E-state index contributed by atoms with van der Waals surface area (Å²) >= 11 is 1.42. The van der Waals surface area contributed by atoms with Gasteiger partial charge in [0.1, 0.15) is 0 Å². The predicted molar refractivity (Wildman–Crippen MR) is 47.2 cm³/mol. The van der Waals surface area contributed by atoms with Crippen LogP contribution in [0.2, 0.25) is 0 Å². The minimum absolute atomic E-state index is 1.03. The molecule has 0 spiro atoms. The van der Waals surface area contributed by atoms with Crippen molar-refractivity contribution in [3.05, 3.63) is 39.3 Å². The van der Waals surface area contributed by atoms with Crippen LogP contribution in [0.3, 0.4) is 0 Å². The van der Waals surface area contributed by atoms with Gasteiger partial charge in [0.2, 0.25) is 0 Å². The maximum atomic E-state index is 7.50. The Labute approximate surface area is 106 Å². The Hall–Kier alpha value is -0.782. The summed E-state index contributed by atoms with van der Waals surface area (Å²) in [6.07, 6.45) is 3.98. The number of rotatable bonds is 4. The minimum atomic E-state index is 1.03. The summed E-state index contributed by atoms with van der Waals surface area (Å²) in [7, 11) is 1.71. The van der Waals surface area contributed by atoms with E-state index in [-0.39, 0.29) is 0 Å². The van der Waals surface area contributed by atoms with Gasteiger partial charge in [-0.2, -0.15) is 0 Å². The number of hydrogen-bond acceptors (Lipinski definition) is 1. The van der Waals surface area contributed by atoms with Crippen LogP contribution < -0.4 is 0 Å². The van der Waals surface area contributed by atoms with Crippen LogP contribution in [0.4, 0.5) is 0 Å². The van der Waals surface area contributed by atoms with E-state index in [4.69, 9.17) is 23.3 Å². The third-order valence-corrected chi connectivity index (χ3v) is 2.11. The fraction of sp³-hybridized carbons (Fsp3) is 0.300. The topological polar surface area (TPSA) is 88.8 Å². The molecule has 0 saturated heterocycles. The van der Waals surface area contributed by atoms with E-state index in [9.17, 15) is 0 Å². The van der Waals surface area contributed by atoms with Gasteiger partial charge in [0.15, 0.2) is 0 Å². The fourth-order valence-electron chi connectivity index (χ4n) is 0.322. The van der Waals surface area contributed by atoms with Crippen molar-refractivity contribution in [2.24, 2.45) is 0 Å². The van der Waals surface area contributed by atoms with Crippen molar-refractivity contribution >= 4 is 4.08 Å². The first-order valence-corrected chi connectivity index (χ1v) is 4.77. The zero-order valence-corrected chi connectivity index (χ0v) is 11.6. The van der Waals surface area contributed by atoms with E-state index in [1.54, 1.807) is 7.11 Å². The van der Waals surface area contributed by atoms with Gasteiger partial charge in [-0.15, -0.1) is 0 Å². The first-order valence-electron chi connectivity index (χ1n) is 3.30. The number of methoxy groups -OCH3 is 1. The van der Waals surface area contributed by atoms with Crippen LogP contribution in [0.1, 0.15) is 12.8 Å². The van der Waals surface area contributed by atoms with Gasteiger partial charge in [0, 0.05) is 0 Å². The molecule has 0 bridgehead atoms. The molecule has 0 aromatic carbocycles. The Morgan fingerprint density at radius 3 is 1.62 bits per heavy atom. The average molecular weight is 394 g/mol. The molecular weight excluding hydrogens is 384 g/mol. The molecule has 6 heteroatoms. The van der Waals surface area contributed by atoms with Crippen LogP contribution in [0.5, 0.6) is 0 Å². The Balaban J connectivity index is -0.0000000426. The summed E-state index contributed by atoms with van der Waals surface area (Å²) < 4.78 is 36.1. The van der Waals surface area contributed by atoms with Crippen LogP contribution >= 0.6 is 0 Å². The number of hydrogen-bond donors (Lipinski definition) is 0. The molecule has 0 aliphatic rings. The van der Waals surface area contributed by atoms with Gasteiger partial charge >= 0.3 is 106 Å². The van der Waals surface area contributed by atoms with Gasteiger partial charge in [0.05, 0.1) is 0 Å². The van der Waals surface area contributed by atoms with E-state index < -0.39 is 0 Å². The molecule has 86 valence electrons. The Bertz CT molecular complexity index is 190. The predicted octanol–water partition coefficient (Wildman–Crippen LogP) is 1.13. The third kappa shape index (κ3) is 72.5. The van der Waals surface area contributed by atoms with Gasteiger partial charge < -0.3 is 0 Å². The van der Waals surface area contributed by atoms with Gasteiger partial charge in [-0.1, -0.05) is 0 Å². The summed E-state index contributed by atoms with van der Waals surface area (Å²) in [5, 5.41) is 0. The monoisotopic (exact) mass is 394 g/mol. The fourth-order valence-corrected chi connectivity index (χ4v) is 0.745. The third-order valence-electron chi connectivity index (χ3n) is 0.780. The summed E-state index contributed by atoms with van der Waals surface area (Å²) in [5.74, 6) is 0. The molecule has 0 rings (SSSR count). The normalized spacial score (nSPS) is 4.81. The molecule has 0 aliphatic heterocycles. The van der Waals surface area contributed by atoms with E-state index in [0.29, 0.717) is 0 Å². The second kappa shape index (κ2) is 64.2. The van der Waals surface area contributed by atoms with Crippen molar-refractivity contribution in [3.8, 4) is 0 Å². The van der Waals surface area contributed by atoms with Gasteiger partial charge in [-0.25, -0.2) is 0 Å². The molecular formula is C10H10O5W. The van der Waals surface area contributed by atoms with Gasteiger partial charge in [0.25, 0.3) is 0 Å². The van der Waals surface area contributed by atoms with Crippen LogP contribution in [0.15, 0.2) is 12.7 Å². The van der Waals surface area contributed by atoms with Crippen molar-refractivity contribution in [3.63, 3.8) is 0 Å². The van der Waals surface area contributed by atoms with Crippen molar-refractivity contribution < 1.29 is 42.7 Å².